The lowest BCUT2D eigenvalue weighted by molar-refractivity contribution is -0.123. The molecular formula is C29H32N2O4. The second-order valence-corrected chi connectivity index (χ2v) is 8.98. The molecular weight excluding hydrogens is 440 g/mol. The average molecular weight is 473 g/mol. The standard InChI is InChI=1S/C29H32N2O4/c1-34-26-14-12-23(13-15-26)21-30-27(32)20-29(25-10-6-3-7-11-25)16-18-31(19-17-29)28(33)35-22-24-8-4-2-5-9-24/h2-15H,16-22H2,1H3,(H,30,32). The summed E-state index contributed by atoms with van der Waals surface area (Å²) in [6.45, 7) is 1.82. The zero-order chi connectivity index (χ0) is 24.5. The molecule has 0 radical (unpaired) electrons. The Kier molecular flexibility index (Phi) is 8.03. The van der Waals surface area contributed by atoms with E-state index in [1.165, 1.54) is 0 Å². The topological polar surface area (TPSA) is 67.9 Å². The molecule has 0 aromatic heterocycles. The maximum absolute atomic E-state index is 13.0. The number of likely N-dealkylation sites (tertiary alicyclic amines) is 1. The Morgan fingerprint density at radius 2 is 1.49 bits per heavy atom. The molecule has 1 aliphatic heterocycles. The number of rotatable bonds is 8. The number of nitrogens with zero attached hydrogens (tertiary/aromatic N) is 1. The molecule has 6 nitrogen and oxygen atoms in total. The number of ether oxygens (including phenoxy) is 2. The molecule has 6 heteroatoms. The summed E-state index contributed by atoms with van der Waals surface area (Å²) in [6.07, 6.45) is 1.47. The summed E-state index contributed by atoms with van der Waals surface area (Å²) < 4.78 is 10.7. The smallest absolute Gasteiger partial charge is 0.410 e. The highest BCUT2D eigenvalue weighted by Gasteiger charge is 2.39. The van der Waals surface area contributed by atoms with Crippen molar-refractivity contribution in [3.05, 3.63) is 102 Å². The summed E-state index contributed by atoms with van der Waals surface area (Å²) in [6, 6.07) is 27.5. The fourth-order valence-corrected chi connectivity index (χ4v) is 4.60. The monoisotopic (exact) mass is 472 g/mol. The maximum Gasteiger partial charge on any atom is 0.410 e. The van der Waals surface area contributed by atoms with Gasteiger partial charge in [-0.05, 0) is 41.7 Å². The van der Waals surface area contributed by atoms with Crippen molar-refractivity contribution >= 4 is 12.0 Å². The van der Waals surface area contributed by atoms with E-state index in [-0.39, 0.29) is 24.0 Å². The van der Waals surface area contributed by atoms with Crippen LogP contribution in [0.4, 0.5) is 4.79 Å². The van der Waals surface area contributed by atoms with Crippen molar-refractivity contribution in [2.75, 3.05) is 20.2 Å². The molecule has 2 amide bonds. The molecule has 0 bridgehead atoms. The van der Waals surface area contributed by atoms with Crippen LogP contribution < -0.4 is 10.1 Å². The number of piperidine rings is 1. The van der Waals surface area contributed by atoms with Crippen LogP contribution in [0.25, 0.3) is 0 Å². The van der Waals surface area contributed by atoms with Gasteiger partial charge in [-0.1, -0.05) is 72.8 Å². The highest BCUT2D eigenvalue weighted by molar-refractivity contribution is 5.78. The molecule has 0 saturated carbocycles. The van der Waals surface area contributed by atoms with E-state index in [2.05, 4.69) is 17.4 Å². The lowest BCUT2D eigenvalue weighted by Gasteiger charge is -2.41. The fraction of sp³-hybridized carbons (Fsp3) is 0.310. The van der Waals surface area contributed by atoms with Crippen molar-refractivity contribution in [1.82, 2.24) is 10.2 Å². The number of carbonyl (C=O) groups is 2. The van der Waals surface area contributed by atoms with Gasteiger partial charge in [-0.15, -0.1) is 0 Å². The van der Waals surface area contributed by atoms with Gasteiger partial charge in [0.15, 0.2) is 0 Å². The highest BCUT2D eigenvalue weighted by Crippen LogP contribution is 2.39. The first-order chi connectivity index (χ1) is 17.1. The van der Waals surface area contributed by atoms with Crippen molar-refractivity contribution in [3.63, 3.8) is 0 Å². The number of methoxy groups -OCH3 is 1. The Morgan fingerprint density at radius 1 is 0.857 bits per heavy atom. The minimum atomic E-state index is -0.318. The number of carbonyl (C=O) groups excluding carboxylic acids is 2. The maximum atomic E-state index is 13.0. The van der Waals surface area contributed by atoms with Gasteiger partial charge < -0.3 is 19.7 Å². The molecule has 1 N–H and O–H groups in total. The minimum absolute atomic E-state index is 0.00442. The van der Waals surface area contributed by atoms with Crippen LogP contribution in [0.2, 0.25) is 0 Å². The van der Waals surface area contributed by atoms with Gasteiger partial charge >= 0.3 is 6.09 Å². The van der Waals surface area contributed by atoms with E-state index >= 15 is 0 Å². The zero-order valence-electron chi connectivity index (χ0n) is 20.1. The van der Waals surface area contributed by atoms with E-state index < -0.39 is 0 Å². The molecule has 0 aliphatic carbocycles. The van der Waals surface area contributed by atoms with E-state index in [0.717, 1.165) is 22.4 Å². The Morgan fingerprint density at radius 3 is 2.11 bits per heavy atom. The predicted molar refractivity (Wildman–Crippen MR) is 135 cm³/mol. The number of hydrogen-bond donors (Lipinski definition) is 1. The lowest BCUT2D eigenvalue weighted by atomic mass is 9.70. The van der Waals surface area contributed by atoms with Gasteiger partial charge in [-0.3, -0.25) is 4.79 Å². The van der Waals surface area contributed by atoms with Crippen LogP contribution in [0.5, 0.6) is 5.75 Å². The van der Waals surface area contributed by atoms with Gasteiger partial charge in [0, 0.05) is 31.5 Å². The molecule has 1 heterocycles. The first kappa shape index (κ1) is 24.3. The van der Waals surface area contributed by atoms with Crippen molar-refractivity contribution in [2.24, 2.45) is 0 Å². The van der Waals surface area contributed by atoms with Gasteiger partial charge in [0.05, 0.1) is 7.11 Å². The number of nitrogens with one attached hydrogen (secondary N) is 1. The molecule has 1 aliphatic rings. The Balaban J connectivity index is 1.36. The summed E-state index contributed by atoms with van der Waals surface area (Å²) in [5.41, 5.74) is 2.80. The summed E-state index contributed by atoms with van der Waals surface area (Å²) in [7, 11) is 1.63. The van der Waals surface area contributed by atoms with Gasteiger partial charge in [0.2, 0.25) is 5.91 Å². The number of benzene rings is 3. The van der Waals surface area contributed by atoms with Crippen LogP contribution in [-0.2, 0) is 28.1 Å². The number of hydrogen-bond acceptors (Lipinski definition) is 4. The van der Waals surface area contributed by atoms with Gasteiger partial charge in [-0.2, -0.15) is 0 Å². The minimum Gasteiger partial charge on any atom is -0.497 e. The van der Waals surface area contributed by atoms with Gasteiger partial charge in [0.25, 0.3) is 0 Å². The fourth-order valence-electron chi connectivity index (χ4n) is 4.60. The van der Waals surface area contributed by atoms with Crippen LogP contribution in [0.3, 0.4) is 0 Å². The zero-order valence-corrected chi connectivity index (χ0v) is 20.1. The molecule has 4 rings (SSSR count). The SMILES string of the molecule is COc1ccc(CNC(=O)CC2(c3ccccc3)CCN(C(=O)OCc3ccccc3)CC2)cc1. The highest BCUT2D eigenvalue weighted by atomic mass is 16.6. The molecule has 0 unspecified atom stereocenters. The van der Waals surface area contributed by atoms with Crippen LogP contribution >= 0.6 is 0 Å². The van der Waals surface area contributed by atoms with Gasteiger partial charge in [-0.25, -0.2) is 4.79 Å². The third-order valence-corrected chi connectivity index (χ3v) is 6.72. The molecule has 0 atom stereocenters. The van der Waals surface area contributed by atoms with E-state index in [1.54, 1.807) is 12.0 Å². The molecule has 182 valence electrons. The van der Waals surface area contributed by atoms with Crippen LogP contribution in [0.15, 0.2) is 84.9 Å². The predicted octanol–water partition coefficient (Wildman–Crippen LogP) is 5.07. The third-order valence-electron chi connectivity index (χ3n) is 6.72. The Labute approximate surface area is 206 Å². The first-order valence-corrected chi connectivity index (χ1v) is 12.0. The summed E-state index contributed by atoms with van der Waals surface area (Å²) in [5.74, 6) is 0.793. The van der Waals surface area contributed by atoms with E-state index in [0.29, 0.717) is 38.9 Å². The quantitative estimate of drug-likeness (QED) is 0.497. The lowest BCUT2D eigenvalue weighted by Crippen LogP contribution is -2.47. The summed E-state index contributed by atoms with van der Waals surface area (Å²) in [5, 5.41) is 3.07. The summed E-state index contributed by atoms with van der Waals surface area (Å²) in [4.78, 5) is 27.4. The largest absolute Gasteiger partial charge is 0.497 e. The van der Waals surface area contributed by atoms with Crippen LogP contribution in [0, 0.1) is 0 Å². The van der Waals surface area contributed by atoms with Crippen molar-refractivity contribution in [1.29, 1.82) is 0 Å². The normalized spacial score (nSPS) is 14.7. The summed E-state index contributed by atoms with van der Waals surface area (Å²) >= 11 is 0. The number of amides is 2. The van der Waals surface area contributed by atoms with Gasteiger partial charge in [0.1, 0.15) is 12.4 Å². The van der Waals surface area contributed by atoms with E-state index in [9.17, 15) is 9.59 Å². The Hall–Kier alpha value is -3.80. The Bertz CT molecular complexity index is 1090. The average Bonchev–Trinajstić information content (AvgIpc) is 2.92. The van der Waals surface area contributed by atoms with E-state index in [1.807, 2.05) is 72.8 Å². The van der Waals surface area contributed by atoms with Crippen LogP contribution in [-0.4, -0.2) is 37.1 Å². The van der Waals surface area contributed by atoms with Crippen molar-refractivity contribution in [3.8, 4) is 5.75 Å². The van der Waals surface area contributed by atoms with Crippen LogP contribution in [0.1, 0.15) is 36.0 Å². The second-order valence-electron chi connectivity index (χ2n) is 8.98. The van der Waals surface area contributed by atoms with Crippen molar-refractivity contribution in [2.45, 2.75) is 37.8 Å². The molecule has 3 aromatic rings. The molecule has 1 fully saturated rings. The van der Waals surface area contributed by atoms with E-state index in [4.69, 9.17) is 9.47 Å². The first-order valence-electron chi connectivity index (χ1n) is 12.0. The molecule has 0 spiro atoms. The molecule has 1 saturated heterocycles. The third kappa shape index (κ3) is 6.41. The second kappa shape index (κ2) is 11.6. The molecule has 35 heavy (non-hydrogen) atoms. The van der Waals surface area contributed by atoms with Crippen molar-refractivity contribution < 1.29 is 19.1 Å². The molecule has 3 aromatic carbocycles.